The van der Waals surface area contributed by atoms with E-state index in [4.69, 9.17) is 4.74 Å². The summed E-state index contributed by atoms with van der Waals surface area (Å²) < 4.78 is 5.92. The number of carbonyl (C=O) groups is 1. The molecule has 7 nitrogen and oxygen atoms in total. The number of aromatic nitrogens is 3. The van der Waals surface area contributed by atoms with Gasteiger partial charge < -0.3 is 15.4 Å². The molecule has 1 amide bonds. The number of thioether (sulfide) groups is 1. The van der Waals surface area contributed by atoms with E-state index < -0.39 is 0 Å². The number of nitrogens with one attached hydrogen (secondary N) is 2. The predicted octanol–water partition coefficient (Wildman–Crippen LogP) is 4.70. The van der Waals surface area contributed by atoms with Crippen LogP contribution in [0, 0.1) is 18.8 Å². The van der Waals surface area contributed by atoms with Crippen molar-refractivity contribution in [3.05, 3.63) is 78.4 Å². The molecule has 0 unspecified atom stereocenters. The average Bonchev–Trinajstić information content (AvgIpc) is 2.85. The molecule has 0 spiro atoms. The second kappa shape index (κ2) is 11.2. The van der Waals surface area contributed by atoms with Gasteiger partial charge in [0.25, 0.3) is 0 Å². The first kappa shape index (κ1) is 23.1. The molecular weight excluding hydrogens is 446 g/mol. The normalized spacial score (nSPS) is 10.3. The van der Waals surface area contributed by atoms with Gasteiger partial charge in [-0.2, -0.15) is 11.8 Å². The van der Waals surface area contributed by atoms with Gasteiger partial charge in [-0.1, -0.05) is 11.8 Å². The lowest BCUT2D eigenvalue weighted by Gasteiger charge is -2.12. The lowest BCUT2D eigenvalue weighted by atomic mass is 10.1. The number of ether oxygens (including phenoxy) is 1. The molecule has 0 saturated carbocycles. The van der Waals surface area contributed by atoms with E-state index in [1.807, 2.05) is 61.7 Å². The Kier molecular flexibility index (Phi) is 7.58. The Morgan fingerprint density at radius 3 is 2.85 bits per heavy atom. The zero-order valence-corrected chi connectivity index (χ0v) is 19.6. The molecule has 0 aliphatic carbocycles. The third-order valence-corrected chi connectivity index (χ3v) is 5.37. The number of aryl methyl sites for hydroxylation is 1. The van der Waals surface area contributed by atoms with Crippen LogP contribution in [0.3, 0.4) is 0 Å². The number of carbonyl (C=O) groups excluding carboxylic acids is 1. The van der Waals surface area contributed by atoms with Gasteiger partial charge in [-0.25, -0.2) is 9.97 Å². The van der Waals surface area contributed by atoms with E-state index in [1.165, 1.54) is 18.1 Å². The van der Waals surface area contributed by atoms with E-state index in [0.717, 1.165) is 33.5 Å². The number of fused-ring (bicyclic) bond motifs is 1. The standard InChI is InChI=1S/C26H23N5O2S/c1-18-13-20(8-10-24(18)33-21-6-4-11-27-15-21)31-26-22-14-19(7-9-23(22)29-17-30-26)5-3-12-28-25(32)16-34-2/h4,6-11,13-15,17H,12,16H2,1-2H3,(H,28,32)(H,29,30,31). The van der Waals surface area contributed by atoms with E-state index >= 15 is 0 Å². The van der Waals surface area contributed by atoms with Crippen molar-refractivity contribution < 1.29 is 9.53 Å². The molecule has 2 heterocycles. The minimum absolute atomic E-state index is 0.0210. The summed E-state index contributed by atoms with van der Waals surface area (Å²) >= 11 is 1.48. The highest BCUT2D eigenvalue weighted by molar-refractivity contribution is 7.99. The van der Waals surface area contributed by atoms with Gasteiger partial charge in [0.1, 0.15) is 23.6 Å². The van der Waals surface area contributed by atoms with E-state index in [-0.39, 0.29) is 5.91 Å². The molecule has 0 fully saturated rings. The Hall–Kier alpha value is -4.09. The average molecular weight is 470 g/mol. The first-order valence-corrected chi connectivity index (χ1v) is 12.0. The number of amides is 1. The second-order valence-electron chi connectivity index (χ2n) is 7.36. The van der Waals surface area contributed by atoms with Crippen molar-refractivity contribution in [2.45, 2.75) is 6.92 Å². The van der Waals surface area contributed by atoms with Gasteiger partial charge >= 0.3 is 0 Å². The summed E-state index contributed by atoms with van der Waals surface area (Å²) in [5.74, 6) is 8.61. The molecule has 2 aromatic carbocycles. The van der Waals surface area contributed by atoms with Crippen LogP contribution in [0.2, 0.25) is 0 Å². The molecule has 4 aromatic rings. The van der Waals surface area contributed by atoms with Crippen molar-refractivity contribution in [2.24, 2.45) is 0 Å². The van der Waals surface area contributed by atoms with Crippen LogP contribution in [-0.2, 0) is 4.79 Å². The summed E-state index contributed by atoms with van der Waals surface area (Å²) in [6.07, 6.45) is 6.81. The fraction of sp³-hybridized carbons (Fsp3) is 0.154. The third-order valence-electron chi connectivity index (χ3n) is 4.82. The number of nitrogens with zero attached hydrogens (tertiary/aromatic N) is 3. The van der Waals surface area contributed by atoms with E-state index in [1.54, 1.807) is 12.4 Å². The largest absolute Gasteiger partial charge is 0.455 e. The molecule has 2 N–H and O–H groups in total. The van der Waals surface area contributed by atoms with Crippen molar-refractivity contribution >= 4 is 40.1 Å². The van der Waals surface area contributed by atoms with Crippen molar-refractivity contribution in [1.82, 2.24) is 20.3 Å². The third kappa shape index (κ3) is 6.03. The number of hydrogen-bond donors (Lipinski definition) is 2. The van der Waals surface area contributed by atoms with Gasteiger partial charge in [0.15, 0.2) is 0 Å². The predicted molar refractivity (Wildman–Crippen MR) is 137 cm³/mol. The summed E-state index contributed by atoms with van der Waals surface area (Å²) in [5, 5.41) is 7.01. The molecular formula is C26H23N5O2S. The molecule has 8 heteroatoms. The van der Waals surface area contributed by atoms with Crippen molar-refractivity contribution in [1.29, 1.82) is 0 Å². The quantitative estimate of drug-likeness (QED) is 0.379. The Balaban J connectivity index is 1.51. The summed E-state index contributed by atoms with van der Waals surface area (Å²) in [6, 6.07) is 15.3. The highest BCUT2D eigenvalue weighted by atomic mass is 32.2. The van der Waals surface area contributed by atoms with Gasteiger partial charge in [0.2, 0.25) is 5.91 Å². The summed E-state index contributed by atoms with van der Waals surface area (Å²) in [5.41, 5.74) is 3.48. The zero-order valence-electron chi connectivity index (χ0n) is 18.8. The lowest BCUT2D eigenvalue weighted by molar-refractivity contribution is -0.118. The summed E-state index contributed by atoms with van der Waals surface area (Å²) in [4.78, 5) is 24.4. The molecule has 0 atom stereocenters. The van der Waals surface area contributed by atoms with Crippen LogP contribution in [-0.4, -0.2) is 39.4 Å². The molecule has 34 heavy (non-hydrogen) atoms. The van der Waals surface area contributed by atoms with Crippen molar-refractivity contribution in [3.63, 3.8) is 0 Å². The van der Waals surface area contributed by atoms with Gasteiger partial charge in [0, 0.05) is 22.8 Å². The van der Waals surface area contributed by atoms with Crippen molar-refractivity contribution in [2.75, 3.05) is 23.9 Å². The molecule has 0 radical (unpaired) electrons. The molecule has 170 valence electrons. The van der Waals surface area contributed by atoms with Crippen LogP contribution >= 0.6 is 11.8 Å². The highest BCUT2D eigenvalue weighted by Gasteiger charge is 2.08. The molecule has 4 rings (SSSR count). The first-order valence-electron chi connectivity index (χ1n) is 10.6. The maximum Gasteiger partial charge on any atom is 0.230 e. The Morgan fingerprint density at radius 2 is 2.06 bits per heavy atom. The Labute approximate surface area is 202 Å². The molecule has 2 aromatic heterocycles. The fourth-order valence-corrected chi connectivity index (χ4v) is 3.58. The topological polar surface area (TPSA) is 89.0 Å². The van der Waals surface area contributed by atoms with Crippen LogP contribution in [0.1, 0.15) is 11.1 Å². The first-order chi connectivity index (χ1) is 16.6. The lowest BCUT2D eigenvalue weighted by Crippen LogP contribution is -2.25. The van der Waals surface area contributed by atoms with E-state index in [9.17, 15) is 4.79 Å². The van der Waals surface area contributed by atoms with Gasteiger partial charge in [-0.15, -0.1) is 0 Å². The van der Waals surface area contributed by atoms with Crippen LogP contribution in [0.25, 0.3) is 10.9 Å². The number of rotatable bonds is 7. The molecule has 0 bridgehead atoms. The minimum Gasteiger partial charge on any atom is -0.455 e. The smallest absolute Gasteiger partial charge is 0.230 e. The zero-order chi connectivity index (χ0) is 23.8. The van der Waals surface area contributed by atoms with Crippen LogP contribution in [0.4, 0.5) is 11.5 Å². The number of pyridine rings is 1. The Bertz CT molecular complexity index is 1370. The summed E-state index contributed by atoms with van der Waals surface area (Å²) in [7, 11) is 0. The second-order valence-corrected chi connectivity index (χ2v) is 8.23. The Morgan fingerprint density at radius 1 is 1.15 bits per heavy atom. The minimum atomic E-state index is -0.0210. The SMILES string of the molecule is CSCC(=O)NCC#Cc1ccc2ncnc(Nc3ccc(Oc4cccnc4)c(C)c3)c2c1. The monoisotopic (exact) mass is 469 g/mol. The number of hydrogen-bond acceptors (Lipinski definition) is 7. The summed E-state index contributed by atoms with van der Waals surface area (Å²) in [6.45, 7) is 2.29. The van der Waals surface area contributed by atoms with Crippen LogP contribution in [0.15, 0.2) is 67.3 Å². The molecule has 0 saturated heterocycles. The maximum absolute atomic E-state index is 11.5. The van der Waals surface area contributed by atoms with E-state index in [2.05, 4.69) is 37.4 Å². The van der Waals surface area contributed by atoms with Gasteiger partial charge in [-0.05, 0) is 67.3 Å². The van der Waals surface area contributed by atoms with Crippen LogP contribution in [0.5, 0.6) is 11.5 Å². The van der Waals surface area contributed by atoms with E-state index in [0.29, 0.717) is 23.9 Å². The van der Waals surface area contributed by atoms with Gasteiger partial charge in [-0.3, -0.25) is 9.78 Å². The van der Waals surface area contributed by atoms with Gasteiger partial charge in [0.05, 0.1) is 24.0 Å². The number of benzene rings is 2. The number of anilines is 2. The highest BCUT2D eigenvalue weighted by Crippen LogP contribution is 2.29. The van der Waals surface area contributed by atoms with Crippen LogP contribution < -0.4 is 15.4 Å². The molecule has 0 aliphatic rings. The van der Waals surface area contributed by atoms with Crippen molar-refractivity contribution in [3.8, 4) is 23.3 Å². The molecule has 0 aliphatic heterocycles. The fourth-order valence-electron chi connectivity index (χ4n) is 3.22. The maximum atomic E-state index is 11.5.